The fourth-order valence-corrected chi connectivity index (χ4v) is 4.70. The number of rotatable bonds is 3. The molecule has 2 N–H and O–H groups in total. The number of hydrogen-bond acceptors (Lipinski definition) is 4. The molecule has 16 heavy (non-hydrogen) atoms. The van der Waals surface area contributed by atoms with Crippen LogP contribution in [-0.4, -0.2) is 48.0 Å². The summed E-state index contributed by atoms with van der Waals surface area (Å²) in [6.45, 7) is 2.78. The molecule has 0 aromatic carbocycles. The van der Waals surface area contributed by atoms with Crippen molar-refractivity contribution in [2.45, 2.75) is 18.1 Å². The van der Waals surface area contributed by atoms with E-state index in [2.05, 4.69) is 10.6 Å². The van der Waals surface area contributed by atoms with Gasteiger partial charge < -0.3 is 10.6 Å². The topological polar surface area (TPSA) is 41.1 Å². The van der Waals surface area contributed by atoms with Crippen LogP contribution in [0.2, 0.25) is 0 Å². The molecular weight excluding hydrogens is 240 g/mol. The molecule has 0 aliphatic carbocycles. The highest BCUT2D eigenvalue weighted by molar-refractivity contribution is 8.06. The molecule has 2 atom stereocenters. The number of thioether (sulfide) groups is 2. The SMILES string of the molecule is O=C(NCC1CSCCS1)[C@H]1CCCNC1. The van der Waals surface area contributed by atoms with Crippen molar-refractivity contribution < 1.29 is 4.79 Å². The third-order valence-electron chi connectivity index (χ3n) is 3.06. The Bertz CT molecular complexity index is 226. The summed E-state index contributed by atoms with van der Waals surface area (Å²) in [5, 5.41) is 7.02. The lowest BCUT2D eigenvalue weighted by molar-refractivity contribution is -0.125. The Morgan fingerprint density at radius 1 is 1.44 bits per heavy atom. The van der Waals surface area contributed by atoms with Crippen LogP contribution in [0.5, 0.6) is 0 Å². The summed E-state index contributed by atoms with van der Waals surface area (Å²) in [5.74, 6) is 4.14. The number of piperidine rings is 1. The normalized spacial score (nSPS) is 31.0. The van der Waals surface area contributed by atoms with Gasteiger partial charge in [0.15, 0.2) is 0 Å². The van der Waals surface area contributed by atoms with Crippen LogP contribution in [0.4, 0.5) is 0 Å². The molecule has 0 radical (unpaired) electrons. The van der Waals surface area contributed by atoms with Gasteiger partial charge in [-0.15, -0.1) is 0 Å². The molecule has 2 fully saturated rings. The van der Waals surface area contributed by atoms with Crippen molar-refractivity contribution >= 4 is 29.4 Å². The molecule has 1 unspecified atom stereocenters. The van der Waals surface area contributed by atoms with Crippen LogP contribution < -0.4 is 10.6 Å². The number of carbonyl (C=O) groups is 1. The second-order valence-corrected chi connectivity index (χ2v) is 6.91. The number of amides is 1. The molecule has 0 saturated carbocycles. The molecule has 1 amide bonds. The first kappa shape index (κ1) is 12.6. The van der Waals surface area contributed by atoms with Gasteiger partial charge in [0.1, 0.15) is 0 Å². The minimum atomic E-state index is 0.204. The van der Waals surface area contributed by atoms with Gasteiger partial charge in [0.2, 0.25) is 5.91 Å². The highest BCUT2D eigenvalue weighted by Gasteiger charge is 2.22. The van der Waals surface area contributed by atoms with Gasteiger partial charge in [-0.1, -0.05) is 0 Å². The molecule has 2 heterocycles. The predicted molar refractivity (Wildman–Crippen MR) is 72.2 cm³/mol. The van der Waals surface area contributed by atoms with Crippen molar-refractivity contribution in [2.24, 2.45) is 5.92 Å². The van der Waals surface area contributed by atoms with E-state index in [1.54, 1.807) is 0 Å². The lowest BCUT2D eigenvalue weighted by Gasteiger charge is -2.25. The maximum Gasteiger partial charge on any atom is 0.224 e. The van der Waals surface area contributed by atoms with E-state index in [1.165, 1.54) is 17.3 Å². The summed E-state index contributed by atoms with van der Waals surface area (Å²) >= 11 is 4.01. The van der Waals surface area contributed by atoms with E-state index in [0.29, 0.717) is 5.25 Å². The standard InChI is InChI=1S/C11H20N2OS2/c14-11(9-2-1-3-12-6-9)13-7-10-8-15-4-5-16-10/h9-10,12H,1-8H2,(H,13,14)/t9-,10?/m0/s1. The van der Waals surface area contributed by atoms with Gasteiger partial charge in [-0.2, -0.15) is 23.5 Å². The number of hydrogen-bond donors (Lipinski definition) is 2. The maximum absolute atomic E-state index is 11.9. The van der Waals surface area contributed by atoms with Crippen molar-refractivity contribution in [2.75, 3.05) is 36.9 Å². The van der Waals surface area contributed by atoms with Crippen molar-refractivity contribution in [3.63, 3.8) is 0 Å². The lowest BCUT2D eigenvalue weighted by Crippen LogP contribution is -2.43. The van der Waals surface area contributed by atoms with E-state index >= 15 is 0 Å². The van der Waals surface area contributed by atoms with Crippen LogP contribution in [0.1, 0.15) is 12.8 Å². The minimum absolute atomic E-state index is 0.204. The Balaban J connectivity index is 1.65. The van der Waals surface area contributed by atoms with Crippen LogP contribution in [0, 0.1) is 5.92 Å². The molecule has 2 saturated heterocycles. The molecule has 2 aliphatic rings. The summed E-state index contributed by atoms with van der Waals surface area (Å²) in [7, 11) is 0. The summed E-state index contributed by atoms with van der Waals surface area (Å²) in [5.41, 5.74) is 0. The van der Waals surface area contributed by atoms with E-state index in [1.807, 2.05) is 23.5 Å². The second kappa shape index (κ2) is 6.77. The smallest absolute Gasteiger partial charge is 0.224 e. The molecule has 2 aliphatic heterocycles. The van der Waals surface area contributed by atoms with Crippen molar-refractivity contribution in [3.05, 3.63) is 0 Å². The van der Waals surface area contributed by atoms with E-state index in [-0.39, 0.29) is 11.8 Å². The first-order chi connectivity index (χ1) is 7.86. The van der Waals surface area contributed by atoms with Crippen molar-refractivity contribution in [1.29, 1.82) is 0 Å². The first-order valence-corrected chi connectivity index (χ1v) is 8.24. The Kier molecular flexibility index (Phi) is 5.32. The van der Waals surface area contributed by atoms with Gasteiger partial charge >= 0.3 is 0 Å². The molecule has 92 valence electrons. The van der Waals surface area contributed by atoms with Crippen molar-refractivity contribution in [1.82, 2.24) is 10.6 Å². The van der Waals surface area contributed by atoms with Gasteiger partial charge in [-0.05, 0) is 19.4 Å². The molecular formula is C11H20N2OS2. The highest BCUT2D eigenvalue weighted by Crippen LogP contribution is 2.23. The highest BCUT2D eigenvalue weighted by atomic mass is 32.2. The Hall–Kier alpha value is 0.130. The number of nitrogens with one attached hydrogen (secondary N) is 2. The van der Waals surface area contributed by atoms with Crippen LogP contribution >= 0.6 is 23.5 Å². The van der Waals surface area contributed by atoms with Gasteiger partial charge in [0.25, 0.3) is 0 Å². The zero-order chi connectivity index (χ0) is 11.2. The molecule has 3 nitrogen and oxygen atoms in total. The fourth-order valence-electron chi connectivity index (χ4n) is 2.09. The largest absolute Gasteiger partial charge is 0.355 e. The Morgan fingerprint density at radius 2 is 2.38 bits per heavy atom. The lowest BCUT2D eigenvalue weighted by atomic mass is 9.99. The van der Waals surface area contributed by atoms with Gasteiger partial charge in [-0.3, -0.25) is 4.79 Å². The predicted octanol–water partition coefficient (Wildman–Crippen LogP) is 0.951. The van der Waals surface area contributed by atoms with Crippen LogP contribution in [0.15, 0.2) is 0 Å². The average Bonchev–Trinajstić information content (AvgIpc) is 2.38. The molecule has 5 heteroatoms. The second-order valence-electron chi connectivity index (χ2n) is 4.36. The zero-order valence-corrected chi connectivity index (χ0v) is 11.2. The molecule has 0 spiro atoms. The van der Waals surface area contributed by atoms with E-state index in [9.17, 15) is 4.79 Å². The monoisotopic (exact) mass is 260 g/mol. The third kappa shape index (κ3) is 3.86. The summed E-state index contributed by atoms with van der Waals surface area (Å²) in [4.78, 5) is 11.9. The van der Waals surface area contributed by atoms with E-state index in [4.69, 9.17) is 0 Å². The molecule has 0 aromatic heterocycles. The maximum atomic E-state index is 11.9. The quantitative estimate of drug-likeness (QED) is 0.793. The van der Waals surface area contributed by atoms with E-state index < -0.39 is 0 Å². The zero-order valence-electron chi connectivity index (χ0n) is 9.54. The Morgan fingerprint density at radius 3 is 3.06 bits per heavy atom. The molecule has 0 aromatic rings. The van der Waals surface area contributed by atoms with Crippen LogP contribution in [0.3, 0.4) is 0 Å². The van der Waals surface area contributed by atoms with Crippen molar-refractivity contribution in [3.8, 4) is 0 Å². The first-order valence-electron chi connectivity index (χ1n) is 6.04. The molecule has 2 rings (SSSR count). The van der Waals surface area contributed by atoms with Gasteiger partial charge in [-0.25, -0.2) is 0 Å². The Labute approximate surface area is 106 Å². The third-order valence-corrected chi connectivity index (χ3v) is 5.90. The minimum Gasteiger partial charge on any atom is -0.355 e. The fraction of sp³-hybridized carbons (Fsp3) is 0.909. The van der Waals surface area contributed by atoms with Gasteiger partial charge in [0, 0.05) is 35.6 Å². The molecule has 0 bridgehead atoms. The summed E-state index contributed by atoms with van der Waals surface area (Å²) in [6.07, 6.45) is 2.18. The van der Waals surface area contributed by atoms with Crippen LogP contribution in [0.25, 0.3) is 0 Å². The summed E-state index contributed by atoms with van der Waals surface area (Å²) < 4.78 is 0. The average molecular weight is 260 g/mol. The number of carbonyl (C=O) groups excluding carboxylic acids is 1. The van der Waals surface area contributed by atoms with E-state index in [0.717, 1.165) is 32.5 Å². The van der Waals surface area contributed by atoms with Gasteiger partial charge in [0.05, 0.1) is 5.92 Å². The summed E-state index contributed by atoms with van der Waals surface area (Å²) in [6, 6.07) is 0. The van der Waals surface area contributed by atoms with Crippen LogP contribution in [-0.2, 0) is 4.79 Å².